The fourth-order valence-corrected chi connectivity index (χ4v) is 4.25. The molecule has 0 bridgehead atoms. The summed E-state index contributed by atoms with van der Waals surface area (Å²) in [7, 11) is 2.01. The summed E-state index contributed by atoms with van der Waals surface area (Å²) in [6.45, 7) is 8.73. The first kappa shape index (κ1) is 21.8. The van der Waals surface area contributed by atoms with Crippen molar-refractivity contribution in [3.05, 3.63) is 30.1 Å². The van der Waals surface area contributed by atoms with Crippen molar-refractivity contribution < 1.29 is 13.9 Å². The molecule has 1 aromatic carbocycles. The predicted molar refractivity (Wildman–Crippen MR) is 111 cm³/mol. The van der Waals surface area contributed by atoms with Gasteiger partial charge >= 0.3 is 0 Å². The number of thioether (sulfide) groups is 1. The summed E-state index contributed by atoms with van der Waals surface area (Å²) in [4.78, 5) is 7.00. The molecule has 0 aliphatic carbocycles. The molecule has 1 aromatic rings. The Morgan fingerprint density at radius 2 is 2.00 bits per heavy atom. The van der Waals surface area contributed by atoms with Crippen LogP contribution in [0.5, 0.6) is 5.75 Å². The third-order valence-corrected chi connectivity index (χ3v) is 6.02. The summed E-state index contributed by atoms with van der Waals surface area (Å²) >= 11 is 2.00. The second-order valence-corrected chi connectivity index (χ2v) is 8.35. The normalized spacial score (nSPS) is 16.8. The van der Waals surface area contributed by atoms with Gasteiger partial charge in [-0.05, 0) is 49.8 Å². The maximum absolute atomic E-state index is 13.0. The van der Waals surface area contributed by atoms with Crippen LogP contribution in [0.2, 0.25) is 0 Å². The largest absolute Gasteiger partial charge is 0.492 e. The molecule has 2 rings (SSSR count). The van der Waals surface area contributed by atoms with Crippen LogP contribution in [0.25, 0.3) is 0 Å². The molecule has 1 saturated heterocycles. The minimum Gasteiger partial charge on any atom is -0.492 e. The Morgan fingerprint density at radius 3 is 2.63 bits per heavy atom. The minimum atomic E-state index is -0.256. The van der Waals surface area contributed by atoms with Crippen molar-refractivity contribution >= 4 is 17.7 Å². The van der Waals surface area contributed by atoms with Gasteiger partial charge in [0.15, 0.2) is 5.96 Å². The summed E-state index contributed by atoms with van der Waals surface area (Å²) in [5, 5.41) is 3.37. The van der Waals surface area contributed by atoms with Gasteiger partial charge in [-0.25, -0.2) is 4.39 Å². The van der Waals surface area contributed by atoms with Crippen molar-refractivity contribution in [2.24, 2.45) is 4.99 Å². The molecular formula is C20H32FN3O2S. The Morgan fingerprint density at radius 1 is 1.30 bits per heavy atom. The molecule has 0 saturated carbocycles. The van der Waals surface area contributed by atoms with Gasteiger partial charge in [0.2, 0.25) is 0 Å². The average Bonchev–Trinajstić information content (AvgIpc) is 2.67. The van der Waals surface area contributed by atoms with Crippen molar-refractivity contribution in [3.8, 4) is 5.75 Å². The third kappa shape index (κ3) is 7.22. The van der Waals surface area contributed by atoms with Gasteiger partial charge in [0, 0.05) is 31.6 Å². The maximum Gasteiger partial charge on any atom is 0.193 e. The molecule has 152 valence electrons. The molecule has 27 heavy (non-hydrogen) atoms. The molecule has 1 N–H and O–H groups in total. The van der Waals surface area contributed by atoms with Crippen LogP contribution >= 0.6 is 11.8 Å². The number of hydrogen-bond donors (Lipinski definition) is 1. The van der Waals surface area contributed by atoms with E-state index in [1.165, 1.54) is 12.1 Å². The van der Waals surface area contributed by atoms with E-state index in [0.717, 1.165) is 50.9 Å². The summed E-state index contributed by atoms with van der Waals surface area (Å²) in [6, 6.07) is 6.10. The summed E-state index contributed by atoms with van der Waals surface area (Å²) in [5.74, 6) is 2.40. The number of aliphatic imine (C=N–C) groups is 1. The molecule has 0 radical (unpaired) electrons. The van der Waals surface area contributed by atoms with E-state index in [0.29, 0.717) is 18.9 Å². The number of ether oxygens (including phenoxy) is 2. The van der Waals surface area contributed by atoms with Crippen LogP contribution in [-0.2, 0) is 4.74 Å². The number of benzene rings is 1. The number of nitrogens with zero attached hydrogens (tertiary/aromatic N) is 2. The van der Waals surface area contributed by atoms with Crippen LogP contribution in [0.4, 0.5) is 4.39 Å². The number of halogens is 1. The summed E-state index contributed by atoms with van der Waals surface area (Å²) in [6.07, 6.45) is 2.09. The quantitative estimate of drug-likeness (QED) is 0.511. The van der Waals surface area contributed by atoms with E-state index < -0.39 is 0 Å². The third-order valence-electron chi connectivity index (χ3n) is 4.58. The molecule has 0 atom stereocenters. The second-order valence-electron chi connectivity index (χ2n) is 6.62. The standard InChI is InChI=1S/C20H32FN3O2S/c1-4-22-19(23-16-20(27-5-2)10-13-25-14-11-20)24(3)12-15-26-18-8-6-17(21)7-9-18/h6-9H,4-5,10-16H2,1-3H3,(H,22,23). The zero-order chi connectivity index (χ0) is 19.5. The van der Waals surface area contributed by atoms with Gasteiger partial charge in [-0.1, -0.05) is 6.92 Å². The number of guanidine groups is 1. The molecule has 1 aliphatic heterocycles. The Balaban J connectivity index is 1.90. The molecule has 0 amide bonds. The molecule has 1 heterocycles. The Kier molecular flexibility index (Phi) is 9.21. The monoisotopic (exact) mass is 397 g/mol. The summed E-state index contributed by atoms with van der Waals surface area (Å²) in [5.41, 5.74) is 0. The lowest BCUT2D eigenvalue weighted by Crippen LogP contribution is -2.43. The molecule has 0 spiro atoms. The molecule has 0 unspecified atom stereocenters. The first-order valence-electron chi connectivity index (χ1n) is 9.68. The van der Waals surface area contributed by atoms with E-state index in [1.807, 2.05) is 18.8 Å². The van der Waals surface area contributed by atoms with Crippen molar-refractivity contribution in [2.45, 2.75) is 31.4 Å². The second kappa shape index (κ2) is 11.4. The van der Waals surface area contributed by atoms with Gasteiger partial charge in [0.25, 0.3) is 0 Å². The SMILES string of the molecule is CCNC(=NCC1(SCC)CCOCC1)N(C)CCOc1ccc(F)cc1. The molecule has 5 nitrogen and oxygen atoms in total. The van der Waals surface area contributed by atoms with Gasteiger partial charge in [0.1, 0.15) is 18.2 Å². The van der Waals surface area contributed by atoms with Crippen molar-refractivity contribution in [1.29, 1.82) is 0 Å². The van der Waals surface area contributed by atoms with Crippen LogP contribution in [0.1, 0.15) is 26.7 Å². The van der Waals surface area contributed by atoms with Crippen molar-refractivity contribution in [1.82, 2.24) is 10.2 Å². The van der Waals surface area contributed by atoms with Gasteiger partial charge in [-0.15, -0.1) is 0 Å². The maximum atomic E-state index is 13.0. The van der Waals surface area contributed by atoms with Crippen LogP contribution in [0, 0.1) is 5.82 Å². The first-order valence-corrected chi connectivity index (χ1v) is 10.7. The molecule has 0 aromatic heterocycles. The van der Waals surface area contributed by atoms with Crippen LogP contribution in [0.15, 0.2) is 29.3 Å². The smallest absolute Gasteiger partial charge is 0.193 e. The fourth-order valence-electron chi connectivity index (χ4n) is 3.02. The molecule has 1 fully saturated rings. The lowest BCUT2D eigenvalue weighted by molar-refractivity contribution is 0.0793. The van der Waals surface area contributed by atoms with Crippen LogP contribution in [-0.4, -0.2) is 67.9 Å². The van der Waals surface area contributed by atoms with Crippen LogP contribution in [0.3, 0.4) is 0 Å². The lowest BCUT2D eigenvalue weighted by atomic mass is 9.99. The lowest BCUT2D eigenvalue weighted by Gasteiger charge is -2.35. The van der Waals surface area contributed by atoms with Crippen LogP contribution < -0.4 is 10.1 Å². The zero-order valence-electron chi connectivity index (χ0n) is 16.7. The van der Waals surface area contributed by atoms with Crippen molar-refractivity contribution in [3.63, 3.8) is 0 Å². The van der Waals surface area contributed by atoms with E-state index >= 15 is 0 Å². The Hall–Kier alpha value is -1.47. The molecule has 1 aliphatic rings. The van der Waals surface area contributed by atoms with Gasteiger partial charge in [0.05, 0.1) is 13.1 Å². The number of nitrogens with one attached hydrogen (secondary N) is 1. The minimum absolute atomic E-state index is 0.180. The van der Waals surface area contributed by atoms with E-state index in [1.54, 1.807) is 12.1 Å². The predicted octanol–water partition coefficient (Wildman–Crippen LogP) is 3.40. The number of hydrogen-bond acceptors (Lipinski definition) is 4. The Labute approximate surface area is 166 Å². The van der Waals surface area contributed by atoms with E-state index in [4.69, 9.17) is 14.5 Å². The Bertz CT molecular complexity index is 572. The molecular weight excluding hydrogens is 365 g/mol. The first-order chi connectivity index (χ1) is 13.1. The fraction of sp³-hybridized carbons (Fsp3) is 0.650. The highest BCUT2D eigenvalue weighted by molar-refractivity contribution is 8.00. The van der Waals surface area contributed by atoms with E-state index in [2.05, 4.69) is 24.1 Å². The topological polar surface area (TPSA) is 46.1 Å². The summed E-state index contributed by atoms with van der Waals surface area (Å²) < 4.78 is 24.4. The van der Waals surface area contributed by atoms with Gasteiger partial charge < -0.3 is 19.7 Å². The average molecular weight is 398 g/mol. The number of rotatable bonds is 9. The molecule has 7 heteroatoms. The van der Waals surface area contributed by atoms with E-state index in [9.17, 15) is 4.39 Å². The van der Waals surface area contributed by atoms with E-state index in [-0.39, 0.29) is 10.6 Å². The zero-order valence-corrected chi connectivity index (χ0v) is 17.5. The van der Waals surface area contributed by atoms with Gasteiger partial charge in [-0.3, -0.25) is 4.99 Å². The number of likely N-dealkylation sites (N-methyl/N-ethyl adjacent to an activating group) is 1. The highest BCUT2D eigenvalue weighted by Crippen LogP contribution is 2.35. The van der Waals surface area contributed by atoms with Gasteiger partial charge in [-0.2, -0.15) is 11.8 Å². The highest BCUT2D eigenvalue weighted by Gasteiger charge is 2.32. The highest BCUT2D eigenvalue weighted by atomic mass is 32.2. The van der Waals surface area contributed by atoms with Crippen molar-refractivity contribution in [2.75, 3.05) is 52.3 Å².